The Morgan fingerprint density at radius 2 is 2.12 bits per heavy atom. The van der Waals surface area contributed by atoms with E-state index in [4.69, 9.17) is 4.74 Å². The lowest BCUT2D eigenvalue weighted by atomic mass is 10.1. The highest BCUT2D eigenvalue weighted by Crippen LogP contribution is 2.24. The van der Waals surface area contributed by atoms with Crippen molar-refractivity contribution >= 4 is 17.3 Å². The lowest BCUT2D eigenvalue weighted by molar-refractivity contribution is 0.0453. The van der Waals surface area contributed by atoms with Crippen LogP contribution in [-0.4, -0.2) is 40.3 Å². The number of anilines is 1. The van der Waals surface area contributed by atoms with Gasteiger partial charge in [0.25, 0.3) is 0 Å². The Morgan fingerprint density at radius 1 is 1.28 bits per heavy atom. The Labute approximate surface area is 146 Å². The summed E-state index contributed by atoms with van der Waals surface area (Å²) in [4.78, 5) is 19.1. The molecule has 1 aliphatic rings. The summed E-state index contributed by atoms with van der Waals surface area (Å²) >= 11 is 0. The monoisotopic (exact) mass is 336 g/mol. The fourth-order valence-corrected chi connectivity index (χ4v) is 3.22. The molecule has 0 bridgehead atoms. The molecular formula is C19H20N4O2. The van der Waals surface area contributed by atoms with E-state index in [1.54, 1.807) is 10.7 Å². The molecule has 0 spiro atoms. The second-order valence-corrected chi connectivity index (χ2v) is 6.43. The van der Waals surface area contributed by atoms with Crippen molar-refractivity contribution in [3.05, 3.63) is 60.0 Å². The molecule has 3 heterocycles. The number of hydrogen-bond acceptors (Lipinski definition) is 5. The summed E-state index contributed by atoms with van der Waals surface area (Å²) in [6.07, 6.45) is 4.34. The van der Waals surface area contributed by atoms with Gasteiger partial charge in [-0.25, -0.2) is 14.3 Å². The number of hydrogen-bond donors (Lipinski definition) is 0. The quantitative estimate of drug-likeness (QED) is 0.686. The maximum atomic E-state index is 12.4. The van der Waals surface area contributed by atoms with Crippen LogP contribution in [0.25, 0.3) is 5.65 Å². The van der Waals surface area contributed by atoms with E-state index in [1.165, 1.54) is 11.9 Å². The molecule has 1 aromatic carbocycles. The van der Waals surface area contributed by atoms with Crippen LogP contribution in [-0.2, 0) is 4.74 Å². The Hall–Kier alpha value is -2.89. The lowest BCUT2D eigenvalue weighted by Crippen LogP contribution is -2.22. The topological polar surface area (TPSA) is 59.7 Å². The van der Waals surface area contributed by atoms with Crippen molar-refractivity contribution in [1.82, 2.24) is 14.6 Å². The van der Waals surface area contributed by atoms with Crippen LogP contribution >= 0.6 is 0 Å². The predicted molar refractivity (Wildman–Crippen MR) is 94.8 cm³/mol. The molecule has 2 aromatic heterocycles. The zero-order chi connectivity index (χ0) is 17.2. The number of esters is 1. The number of aromatic nitrogens is 3. The zero-order valence-corrected chi connectivity index (χ0v) is 14.1. The molecule has 1 fully saturated rings. The number of nitrogens with zero attached hydrogens (tertiary/aromatic N) is 4. The van der Waals surface area contributed by atoms with Crippen molar-refractivity contribution in [2.45, 2.75) is 13.3 Å². The van der Waals surface area contributed by atoms with Crippen molar-refractivity contribution in [3.63, 3.8) is 0 Å². The van der Waals surface area contributed by atoms with E-state index in [9.17, 15) is 4.79 Å². The van der Waals surface area contributed by atoms with Crippen molar-refractivity contribution in [2.24, 2.45) is 5.92 Å². The van der Waals surface area contributed by atoms with Crippen molar-refractivity contribution < 1.29 is 9.53 Å². The van der Waals surface area contributed by atoms with Gasteiger partial charge in [-0.1, -0.05) is 18.2 Å². The molecule has 0 saturated carbocycles. The van der Waals surface area contributed by atoms with Crippen molar-refractivity contribution in [2.75, 3.05) is 24.6 Å². The van der Waals surface area contributed by atoms with Gasteiger partial charge >= 0.3 is 5.97 Å². The summed E-state index contributed by atoms with van der Waals surface area (Å²) in [5, 5.41) is 4.16. The van der Waals surface area contributed by atoms with Gasteiger partial charge in [-0.15, -0.1) is 0 Å². The fourth-order valence-electron chi connectivity index (χ4n) is 3.22. The molecule has 3 aromatic rings. The predicted octanol–water partition coefficient (Wildman–Crippen LogP) is 2.72. The first-order valence-electron chi connectivity index (χ1n) is 8.49. The van der Waals surface area contributed by atoms with Crippen LogP contribution in [0.5, 0.6) is 0 Å². The first-order chi connectivity index (χ1) is 12.2. The molecule has 128 valence electrons. The van der Waals surface area contributed by atoms with E-state index >= 15 is 0 Å². The maximum Gasteiger partial charge on any atom is 0.343 e. The number of carbonyl (C=O) groups is 1. The normalized spacial score (nSPS) is 17.2. The van der Waals surface area contributed by atoms with Gasteiger partial charge in [0, 0.05) is 36.6 Å². The van der Waals surface area contributed by atoms with E-state index in [2.05, 4.69) is 27.1 Å². The molecule has 1 saturated heterocycles. The fraction of sp³-hybridized carbons (Fsp3) is 0.316. The van der Waals surface area contributed by atoms with Crippen LogP contribution in [0.4, 0.5) is 5.69 Å². The zero-order valence-electron chi connectivity index (χ0n) is 14.1. The third-order valence-electron chi connectivity index (χ3n) is 4.59. The van der Waals surface area contributed by atoms with Crippen LogP contribution in [0.3, 0.4) is 0 Å². The van der Waals surface area contributed by atoms with Gasteiger partial charge in [-0.3, -0.25) is 0 Å². The minimum atomic E-state index is -0.355. The van der Waals surface area contributed by atoms with Crippen LogP contribution in [0.2, 0.25) is 0 Å². The number of fused-ring (bicyclic) bond motifs is 1. The summed E-state index contributed by atoms with van der Waals surface area (Å²) in [5.41, 5.74) is 3.03. The lowest BCUT2D eigenvalue weighted by Gasteiger charge is -2.18. The van der Waals surface area contributed by atoms with E-state index in [0.29, 0.717) is 23.7 Å². The Morgan fingerprint density at radius 3 is 2.96 bits per heavy atom. The standard InChI is InChI=1S/C19H20N4O2/c1-14-7-10-23-18(21-14)17(11-20-23)19(24)25-13-15-8-9-22(12-15)16-5-3-2-4-6-16/h2-7,10-11,15H,8-9,12-13H2,1H3/t15-/m0/s1. The molecule has 4 rings (SSSR count). The number of aryl methyl sites for hydroxylation is 1. The second kappa shape index (κ2) is 6.55. The molecule has 6 nitrogen and oxygen atoms in total. The molecule has 0 unspecified atom stereocenters. The van der Waals surface area contributed by atoms with Gasteiger partial charge in [-0.2, -0.15) is 5.10 Å². The first-order valence-corrected chi connectivity index (χ1v) is 8.49. The summed E-state index contributed by atoms with van der Waals surface area (Å²) in [6.45, 7) is 4.21. The summed E-state index contributed by atoms with van der Waals surface area (Å²) in [6, 6.07) is 12.2. The summed E-state index contributed by atoms with van der Waals surface area (Å²) in [7, 11) is 0. The van der Waals surface area contributed by atoms with Crippen molar-refractivity contribution in [3.8, 4) is 0 Å². The molecule has 0 N–H and O–H groups in total. The SMILES string of the molecule is Cc1ccn2ncc(C(=O)OC[C@H]3CCN(c4ccccc4)C3)c2n1. The maximum absolute atomic E-state index is 12.4. The molecular weight excluding hydrogens is 316 g/mol. The van der Waals surface area contributed by atoms with E-state index in [1.807, 2.05) is 31.2 Å². The van der Waals surface area contributed by atoms with Crippen LogP contribution in [0, 0.1) is 12.8 Å². The number of carbonyl (C=O) groups excluding carboxylic acids is 1. The van der Waals surface area contributed by atoms with E-state index < -0.39 is 0 Å². The summed E-state index contributed by atoms with van der Waals surface area (Å²) < 4.78 is 7.14. The number of ether oxygens (including phenoxy) is 1. The molecule has 0 radical (unpaired) electrons. The van der Waals surface area contributed by atoms with E-state index in [0.717, 1.165) is 25.2 Å². The third-order valence-corrected chi connectivity index (χ3v) is 4.59. The Kier molecular flexibility index (Phi) is 4.09. The number of rotatable bonds is 4. The molecule has 6 heteroatoms. The van der Waals surface area contributed by atoms with Gasteiger partial charge in [-0.05, 0) is 31.5 Å². The highest BCUT2D eigenvalue weighted by molar-refractivity contribution is 5.95. The minimum absolute atomic E-state index is 0.348. The van der Waals surface area contributed by atoms with Crippen LogP contribution < -0.4 is 4.90 Å². The third kappa shape index (κ3) is 3.20. The van der Waals surface area contributed by atoms with Gasteiger partial charge in [0.2, 0.25) is 0 Å². The second-order valence-electron chi connectivity index (χ2n) is 6.43. The smallest absolute Gasteiger partial charge is 0.343 e. The highest BCUT2D eigenvalue weighted by Gasteiger charge is 2.25. The Bertz CT molecular complexity index is 891. The average Bonchev–Trinajstić information content (AvgIpc) is 3.27. The number of para-hydroxylation sites is 1. The average molecular weight is 336 g/mol. The van der Waals surface area contributed by atoms with Gasteiger partial charge < -0.3 is 9.64 Å². The van der Waals surface area contributed by atoms with Crippen LogP contribution in [0.15, 0.2) is 48.8 Å². The number of benzene rings is 1. The first kappa shape index (κ1) is 15.6. The molecule has 0 aliphatic carbocycles. The van der Waals surface area contributed by atoms with Crippen LogP contribution in [0.1, 0.15) is 22.5 Å². The largest absolute Gasteiger partial charge is 0.462 e. The van der Waals surface area contributed by atoms with Gasteiger partial charge in [0.15, 0.2) is 5.65 Å². The molecule has 0 amide bonds. The van der Waals surface area contributed by atoms with Crippen molar-refractivity contribution in [1.29, 1.82) is 0 Å². The Balaban J connectivity index is 1.38. The molecule has 1 aliphatic heterocycles. The minimum Gasteiger partial charge on any atom is -0.462 e. The summed E-state index contributed by atoms with van der Waals surface area (Å²) in [5.74, 6) is -0.00745. The molecule has 25 heavy (non-hydrogen) atoms. The van der Waals surface area contributed by atoms with E-state index in [-0.39, 0.29) is 5.97 Å². The highest BCUT2D eigenvalue weighted by atomic mass is 16.5. The van der Waals surface area contributed by atoms with Gasteiger partial charge in [0.1, 0.15) is 5.56 Å². The van der Waals surface area contributed by atoms with Gasteiger partial charge in [0.05, 0.1) is 12.8 Å². The molecule has 1 atom stereocenters.